The molecule has 2 aromatic rings. The van der Waals surface area contributed by atoms with Crippen LogP contribution < -0.4 is 10.9 Å². The Morgan fingerprint density at radius 2 is 1.83 bits per heavy atom. The largest absolute Gasteiger partial charge is 0.418 e. The molecule has 0 spiro atoms. The van der Waals surface area contributed by atoms with Gasteiger partial charge in [0, 0.05) is 22.8 Å². The second-order valence-electron chi connectivity index (χ2n) is 6.52. The van der Waals surface area contributed by atoms with E-state index in [9.17, 15) is 27.6 Å². The fourth-order valence-corrected chi connectivity index (χ4v) is 2.98. The number of nitrogens with one attached hydrogen (secondary N) is 1. The van der Waals surface area contributed by atoms with Crippen LogP contribution in [0.15, 0.2) is 51.9 Å². The first-order chi connectivity index (χ1) is 13.5. The van der Waals surface area contributed by atoms with Crippen molar-refractivity contribution < 1.29 is 22.8 Å². The Hall–Kier alpha value is -2.62. The molecule has 0 aliphatic rings. The molecule has 0 atom stereocenters. The number of rotatable bonds is 6. The molecule has 156 valence electrons. The van der Waals surface area contributed by atoms with Crippen molar-refractivity contribution in [2.24, 2.45) is 0 Å². The van der Waals surface area contributed by atoms with E-state index in [-0.39, 0.29) is 12.2 Å². The predicted molar refractivity (Wildman–Crippen MR) is 105 cm³/mol. The first-order valence-electron chi connectivity index (χ1n) is 8.60. The van der Waals surface area contributed by atoms with E-state index >= 15 is 0 Å². The lowest BCUT2D eigenvalue weighted by Gasteiger charge is -2.26. The van der Waals surface area contributed by atoms with E-state index in [1.165, 1.54) is 39.9 Å². The van der Waals surface area contributed by atoms with Gasteiger partial charge in [-0.1, -0.05) is 12.1 Å². The van der Waals surface area contributed by atoms with Crippen molar-refractivity contribution in [3.05, 3.63) is 63.0 Å². The van der Waals surface area contributed by atoms with Crippen LogP contribution in [0.4, 0.5) is 18.9 Å². The standard InChI is InChI=1S/C19H19BrF3N3O3/c1-12(2)26(18(29)11-25-9-13(20)7-8-17(25)28)10-16(27)24-15-6-4-3-5-14(15)19(21,22)23/h3-9,12H,10-11H2,1-2H3,(H,24,27). The van der Waals surface area contributed by atoms with E-state index < -0.39 is 41.7 Å². The van der Waals surface area contributed by atoms with Crippen LogP contribution in [0.25, 0.3) is 0 Å². The quantitative estimate of drug-likeness (QED) is 0.697. The minimum absolute atomic E-state index is 0.303. The number of amides is 2. The highest BCUT2D eigenvalue weighted by Crippen LogP contribution is 2.34. The van der Waals surface area contributed by atoms with E-state index in [4.69, 9.17) is 0 Å². The van der Waals surface area contributed by atoms with Crippen molar-refractivity contribution in [2.45, 2.75) is 32.6 Å². The van der Waals surface area contributed by atoms with Crippen molar-refractivity contribution in [1.29, 1.82) is 0 Å². The number of para-hydroxylation sites is 1. The van der Waals surface area contributed by atoms with Gasteiger partial charge in [-0.15, -0.1) is 0 Å². The molecule has 29 heavy (non-hydrogen) atoms. The predicted octanol–water partition coefficient (Wildman–Crippen LogP) is 3.51. The number of aromatic nitrogens is 1. The number of benzene rings is 1. The van der Waals surface area contributed by atoms with Crippen LogP contribution in [0, 0.1) is 0 Å². The molecular weight excluding hydrogens is 455 g/mol. The van der Waals surface area contributed by atoms with Gasteiger partial charge in [0.05, 0.1) is 11.3 Å². The summed E-state index contributed by atoms with van der Waals surface area (Å²) in [6.07, 6.45) is -3.18. The fourth-order valence-electron chi connectivity index (χ4n) is 2.60. The lowest BCUT2D eigenvalue weighted by molar-refractivity contribution is -0.138. The van der Waals surface area contributed by atoms with Gasteiger partial charge in [0.1, 0.15) is 13.1 Å². The fraction of sp³-hybridized carbons (Fsp3) is 0.316. The van der Waals surface area contributed by atoms with E-state index in [2.05, 4.69) is 21.2 Å². The zero-order valence-corrected chi connectivity index (χ0v) is 17.3. The highest BCUT2D eigenvalue weighted by molar-refractivity contribution is 9.10. The SMILES string of the molecule is CC(C)N(CC(=O)Nc1ccccc1C(F)(F)F)C(=O)Cn1cc(Br)ccc1=O. The molecule has 2 rings (SSSR count). The minimum Gasteiger partial charge on any atom is -0.329 e. The topological polar surface area (TPSA) is 71.4 Å². The molecule has 0 fully saturated rings. The summed E-state index contributed by atoms with van der Waals surface area (Å²) in [6.45, 7) is 2.57. The molecule has 0 saturated carbocycles. The minimum atomic E-state index is -4.63. The Balaban J connectivity index is 2.15. The van der Waals surface area contributed by atoms with Gasteiger partial charge in [-0.05, 0) is 48.0 Å². The van der Waals surface area contributed by atoms with Crippen molar-refractivity contribution in [3.8, 4) is 0 Å². The third-order valence-electron chi connectivity index (χ3n) is 4.02. The first-order valence-corrected chi connectivity index (χ1v) is 9.40. The number of carbonyl (C=O) groups is 2. The summed E-state index contributed by atoms with van der Waals surface area (Å²) in [5.41, 5.74) is -1.75. The first kappa shape index (κ1) is 22.7. The maximum Gasteiger partial charge on any atom is 0.418 e. The highest BCUT2D eigenvalue weighted by Gasteiger charge is 2.33. The smallest absolute Gasteiger partial charge is 0.329 e. The number of nitrogens with zero attached hydrogens (tertiary/aromatic N) is 2. The second kappa shape index (κ2) is 9.25. The van der Waals surface area contributed by atoms with Crippen LogP contribution in [0.3, 0.4) is 0 Å². The summed E-state index contributed by atoms with van der Waals surface area (Å²) >= 11 is 3.21. The van der Waals surface area contributed by atoms with Crippen molar-refractivity contribution in [3.63, 3.8) is 0 Å². The monoisotopic (exact) mass is 473 g/mol. The Morgan fingerprint density at radius 1 is 1.17 bits per heavy atom. The summed E-state index contributed by atoms with van der Waals surface area (Å²) in [5, 5.41) is 2.21. The van der Waals surface area contributed by atoms with E-state index in [1.807, 2.05) is 0 Å². The molecule has 10 heteroatoms. The highest BCUT2D eigenvalue weighted by atomic mass is 79.9. The number of pyridine rings is 1. The number of hydrogen-bond acceptors (Lipinski definition) is 3. The summed E-state index contributed by atoms with van der Waals surface area (Å²) in [7, 11) is 0. The van der Waals surface area contributed by atoms with Crippen molar-refractivity contribution >= 4 is 33.4 Å². The molecule has 6 nitrogen and oxygen atoms in total. The molecule has 1 aromatic heterocycles. The Kier molecular flexibility index (Phi) is 7.23. The van der Waals surface area contributed by atoms with Gasteiger partial charge in [-0.3, -0.25) is 14.4 Å². The lowest BCUT2D eigenvalue weighted by atomic mass is 10.1. The molecule has 1 aromatic carbocycles. The van der Waals surface area contributed by atoms with Crippen LogP contribution in [-0.4, -0.2) is 33.9 Å². The maximum atomic E-state index is 13.1. The summed E-state index contributed by atoms with van der Waals surface area (Å²) < 4.78 is 41.0. The van der Waals surface area contributed by atoms with Crippen LogP contribution in [0.1, 0.15) is 19.4 Å². The summed E-state index contributed by atoms with van der Waals surface area (Å²) in [4.78, 5) is 38.0. The van der Waals surface area contributed by atoms with Crippen LogP contribution in [0.2, 0.25) is 0 Å². The third kappa shape index (κ3) is 6.18. The normalized spacial score (nSPS) is 11.4. The molecule has 0 saturated heterocycles. The Labute approximate surface area is 173 Å². The molecule has 2 amide bonds. The third-order valence-corrected chi connectivity index (χ3v) is 4.49. The van der Waals surface area contributed by atoms with Crippen LogP contribution in [0.5, 0.6) is 0 Å². The Bertz CT molecular complexity index is 957. The zero-order valence-electron chi connectivity index (χ0n) is 15.7. The number of carbonyl (C=O) groups excluding carboxylic acids is 2. The van der Waals surface area contributed by atoms with Gasteiger partial charge in [-0.25, -0.2) is 0 Å². The molecular formula is C19H19BrF3N3O3. The van der Waals surface area contributed by atoms with Gasteiger partial charge in [0.15, 0.2) is 0 Å². The van der Waals surface area contributed by atoms with Gasteiger partial charge in [0.25, 0.3) is 5.56 Å². The maximum absolute atomic E-state index is 13.1. The molecule has 0 unspecified atom stereocenters. The molecule has 0 aliphatic heterocycles. The van der Waals surface area contributed by atoms with E-state index in [0.717, 1.165) is 12.1 Å². The second-order valence-corrected chi connectivity index (χ2v) is 7.44. The lowest BCUT2D eigenvalue weighted by Crippen LogP contribution is -2.44. The zero-order chi connectivity index (χ0) is 21.8. The van der Waals surface area contributed by atoms with Gasteiger partial charge in [0.2, 0.25) is 11.8 Å². The van der Waals surface area contributed by atoms with Crippen molar-refractivity contribution in [2.75, 3.05) is 11.9 Å². The number of hydrogen-bond donors (Lipinski definition) is 1. The molecule has 0 radical (unpaired) electrons. The molecule has 1 N–H and O–H groups in total. The van der Waals surface area contributed by atoms with E-state index in [1.54, 1.807) is 13.8 Å². The van der Waals surface area contributed by atoms with E-state index in [0.29, 0.717) is 4.47 Å². The summed E-state index contributed by atoms with van der Waals surface area (Å²) in [5.74, 6) is -1.29. The van der Waals surface area contributed by atoms with Gasteiger partial charge < -0.3 is 14.8 Å². The van der Waals surface area contributed by atoms with Gasteiger partial charge >= 0.3 is 6.18 Å². The number of alkyl halides is 3. The van der Waals surface area contributed by atoms with Gasteiger partial charge in [-0.2, -0.15) is 13.2 Å². The molecule has 0 bridgehead atoms. The van der Waals surface area contributed by atoms with Crippen LogP contribution >= 0.6 is 15.9 Å². The average molecular weight is 474 g/mol. The number of halogens is 4. The molecule has 1 heterocycles. The Morgan fingerprint density at radius 3 is 2.45 bits per heavy atom. The number of anilines is 1. The van der Waals surface area contributed by atoms with Crippen LogP contribution in [-0.2, 0) is 22.3 Å². The summed E-state index contributed by atoms with van der Waals surface area (Å²) in [6, 6.07) is 7.01. The molecule has 0 aliphatic carbocycles. The average Bonchev–Trinajstić information content (AvgIpc) is 2.62. The van der Waals surface area contributed by atoms with Crippen molar-refractivity contribution in [1.82, 2.24) is 9.47 Å².